The van der Waals surface area contributed by atoms with Gasteiger partial charge in [0.15, 0.2) is 23.6 Å². The van der Waals surface area contributed by atoms with Crippen molar-refractivity contribution in [2.45, 2.75) is 25.4 Å². The van der Waals surface area contributed by atoms with Gasteiger partial charge in [-0.2, -0.15) is 22.8 Å². The van der Waals surface area contributed by atoms with E-state index in [1.54, 1.807) is 17.0 Å². The first-order valence-electron chi connectivity index (χ1n) is 11.8. The molecule has 1 atom stereocenters. The summed E-state index contributed by atoms with van der Waals surface area (Å²) in [7, 11) is 0. The number of amides is 1. The number of pyridine rings is 1. The van der Waals surface area contributed by atoms with E-state index >= 15 is 0 Å². The molecule has 1 aliphatic heterocycles. The number of alkyl halides is 3. The summed E-state index contributed by atoms with van der Waals surface area (Å²) >= 11 is 12.3. The number of halogens is 5. The van der Waals surface area contributed by atoms with Crippen molar-refractivity contribution in [3.05, 3.63) is 68.9 Å². The summed E-state index contributed by atoms with van der Waals surface area (Å²) in [6.45, 7) is -0.697. The second-order valence-electron chi connectivity index (χ2n) is 8.76. The molecule has 4 aromatic rings. The zero-order valence-electron chi connectivity index (χ0n) is 20.4. The lowest BCUT2D eigenvalue weighted by atomic mass is 10.2. The Kier molecular flexibility index (Phi) is 7.53. The summed E-state index contributed by atoms with van der Waals surface area (Å²) in [6, 6.07) is 9.17. The Morgan fingerprint density at radius 1 is 1.10 bits per heavy atom. The van der Waals surface area contributed by atoms with Gasteiger partial charge in [-0.15, -0.1) is 10.2 Å². The van der Waals surface area contributed by atoms with Crippen molar-refractivity contribution in [2.75, 3.05) is 24.5 Å². The molecular weight excluding hydrogens is 578 g/mol. The molecule has 0 saturated carbocycles. The molecule has 1 aliphatic rings. The lowest BCUT2D eigenvalue weighted by Crippen LogP contribution is -2.48. The van der Waals surface area contributed by atoms with E-state index in [9.17, 15) is 27.9 Å². The fourth-order valence-electron chi connectivity index (χ4n) is 4.03. The average Bonchev–Trinajstić information content (AvgIpc) is 3.46. The molecule has 0 spiro atoms. The van der Waals surface area contributed by atoms with E-state index in [-0.39, 0.29) is 47.4 Å². The maximum absolute atomic E-state index is 13.3. The summed E-state index contributed by atoms with van der Waals surface area (Å²) < 4.78 is 42.4. The van der Waals surface area contributed by atoms with Gasteiger partial charge in [0.05, 0.1) is 18.1 Å². The van der Waals surface area contributed by atoms with Gasteiger partial charge in [-0.1, -0.05) is 23.2 Å². The van der Waals surface area contributed by atoms with Crippen LogP contribution in [-0.4, -0.2) is 77.0 Å². The molecule has 0 aliphatic carbocycles. The molecule has 2 N–H and O–H groups in total. The largest absolute Gasteiger partial charge is 0.416 e. The summed E-state index contributed by atoms with van der Waals surface area (Å²) in [6.07, 6.45) is -6.28. The number of aliphatic hydroxyl groups excluding tert-OH is 1. The minimum Gasteiger partial charge on any atom is -0.382 e. The second kappa shape index (κ2) is 10.9. The predicted octanol–water partition coefficient (Wildman–Crippen LogP) is 1.90. The molecule has 0 bridgehead atoms. The fraction of sp³-hybridized carbons (Fsp3) is 0.304. The molecule has 3 aromatic heterocycles. The van der Waals surface area contributed by atoms with Crippen LogP contribution in [0.1, 0.15) is 5.82 Å². The Balaban J connectivity index is 1.57. The van der Waals surface area contributed by atoms with E-state index in [0.29, 0.717) is 23.7 Å². The number of hydrogen-bond acceptors (Lipinski definition) is 8. The van der Waals surface area contributed by atoms with E-state index in [1.807, 2.05) is 0 Å². The molecule has 0 radical (unpaired) electrons. The summed E-state index contributed by atoms with van der Waals surface area (Å²) in [5, 5.41) is 21.7. The van der Waals surface area contributed by atoms with Crippen molar-refractivity contribution in [2.24, 2.45) is 0 Å². The van der Waals surface area contributed by atoms with E-state index in [1.165, 1.54) is 35.1 Å². The third-order valence-electron chi connectivity index (χ3n) is 5.94. The average molecular weight is 598 g/mol. The number of nitrogens with zero attached hydrogens (tertiary/aromatic N) is 8. The van der Waals surface area contributed by atoms with Crippen LogP contribution in [0.25, 0.3) is 17.2 Å². The SMILES string of the molecule is O=C1CN(c2nc(Cn3nc(-c4ccc(Cl)cc4)n(CC(O)C(F)(F)F)c3=O)nn2-c2ncccc2Cl)CCN1. The normalized spacial score (nSPS) is 14.8. The first-order valence-corrected chi connectivity index (χ1v) is 12.5. The Bertz CT molecular complexity index is 1600. The number of nitrogens with one attached hydrogen (secondary N) is 1. The molecule has 4 heterocycles. The Morgan fingerprint density at radius 2 is 1.85 bits per heavy atom. The molecular formula is C23H20Cl2F3N9O3. The number of aromatic nitrogens is 7. The quantitative estimate of drug-likeness (QED) is 0.330. The first kappa shape index (κ1) is 27.6. The van der Waals surface area contributed by atoms with Gasteiger partial charge >= 0.3 is 11.9 Å². The van der Waals surface area contributed by atoms with Gasteiger partial charge in [0.1, 0.15) is 6.54 Å². The number of rotatable bonds is 7. The number of aliphatic hydroxyl groups is 1. The third-order valence-corrected chi connectivity index (χ3v) is 6.49. The highest BCUT2D eigenvalue weighted by Crippen LogP contribution is 2.25. The van der Waals surface area contributed by atoms with Crippen molar-refractivity contribution in [1.29, 1.82) is 0 Å². The molecule has 1 aromatic carbocycles. The number of anilines is 1. The van der Waals surface area contributed by atoms with Crippen molar-refractivity contribution in [1.82, 2.24) is 39.4 Å². The van der Waals surface area contributed by atoms with Crippen LogP contribution in [0.3, 0.4) is 0 Å². The Hall–Kier alpha value is -3.95. The molecule has 1 unspecified atom stereocenters. The topological polar surface area (TPSA) is 136 Å². The molecule has 5 rings (SSSR count). The van der Waals surface area contributed by atoms with Crippen molar-refractivity contribution in [3.8, 4) is 17.2 Å². The summed E-state index contributed by atoms with van der Waals surface area (Å²) in [5.41, 5.74) is -0.632. The monoisotopic (exact) mass is 597 g/mol. The van der Waals surface area contributed by atoms with Crippen molar-refractivity contribution < 1.29 is 23.1 Å². The zero-order chi connectivity index (χ0) is 28.6. The van der Waals surface area contributed by atoms with E-state index in [4.69, 9.17) is 23.2 Å². The number of piperazine rings is 1. The standard InChI is InChI=1S/C23H20Cl2F3N9O3/c24-14-5-3-13(4-6-14)19-33-36(22(40)35(19)10-16(38)23(26,27)28)11-17-31-21(34-9-8-29-18(39)12-34)37(32-17)20-15(25)2-1-7-30-20/h1-7,16,38H,8-12H2,(H,29,39). The minimum atomic E-state index is -4.96. The van der Waals surface area contributed by atoms with Crippen LogP contribution in [0, 0.1) is 0 Å². The number of hydrogen-bond donors (Lipinski definition) is 2. The maximum Gasteiger partial charge on any atom is 0.416 e. The highest BCUT2D eigenvalue weighted by Gasteiger charge is 2.39. The second-order valence-corrected chi connectivity index (χ2v) is 9.60. The highest BCUT2D eigenvalue weighted by atomic mass is 35.5. The number of benzene rings is 1. The molecule has 17 heteroatoms. The lowest BCUT2D eigenvalue weighted by molar-refractivity contribution is -0.207. The van der Waals surface area contributed by atoms with Crippen LogP contribution in [0.4, 0.5) is 19.1 Å². The van der Waals surface area contributed by atoms with Gasteiger partial charge in [0.25, 0.3) is 0 Å². The maximum atomic E-state index is 13.3. The smallest absolute Gasteiger partial charge is 0.382 e. The Labute approximate surface area is 233 Å². The fourth-order valence-corrected chi connectivity index (χ4v) is 4.36. The third kappa shape index (κ3) is 5.66. The molecule has 1 saturated heterocycles. The van der Waals surface area contributed by atoms with Gasteiger partial charge in [-0.05, 0) is 36.4 Å². The van der Waals surface area contributed by atoms with Crippen LogP contribution in [0.5, 0.6) is 0 Å². The van der Waals surface area contributed by atoms with Crippen molar-refractivity contribution in [3.63, 3.8) is 0 Å². The van der Waals surface area contributed by atoms with Crippen LogP contribution in [0.15, 0.2) is 47.4 Å². The van der Waals surface area contributed by atoms with Gasteiger partial charge in [0.2, 0.25) is 11.9 Å². The van der Waals surface area contributed by atoms with E-state index < -0.39 is 24.5 Å². The molecule has 210 valence electrons. The van der Waals surface area contributed by atoms with Gasteiger partial charge in [-0.3, -0.25) is 9.36 Å². The summed E-state index contributed by atoms with van der Waals surface area (Å²) in [5.74, 6) is 0.138. The van der Waals surface area contributed by atoms with Crippen LogP contribution in [0.2, 0.25) is 10.0 Å². The molecule has 1 amide bonds. The van der Waals surface area contributed by atoms with Crippen molar-refractivity contribution >= 4 is 35.1 Å². The highest BCUT2D eigenvalue weighted by molar-refractivity contribution is 6.32. The van der Waals surface area contributed by atoms with Gasteiger partial charge in [-0.25, -0.2) is 14.5 Å². The minimum absolute atomic E-state index is 0.0206. The van der Waals surface area contributed by atoms with E-state index in [0.717, 1.165) is 9.25 Å². The van der Waals surface area contributed by atoms with Crippen LogP contribution < -0.4 is 15.9 Å². The lowest BCUT2D eigenvalue weighted by Gasteiger charge is -2.27. The van der Waals surface area contributed by atoms with Crippen LogP contribution in [-0.2, 0) is 17.9 Å². The molecule has 12 nitrogen and oxygen atoms in total. The number of carbonyl (C=O) groups excluding carboxylic acids is 1. The van der Waals surface area contributed by atoms with E-state index in [2.05, 4.69) is 25.5 Å². The molecule has 1 fully saturated rings. The van der Waals surface area contributed by atoms with Crippen LogP contribution >= 0.6 is 23.2 Å². The van der Waals surface area contributed by atoms with Gasteiger partial charge < -0.3 is 15.3 Å². The Morgan fingerprint density at radius 3 is 2.52 bits per heavy atom. The predicted molar refractivity (Wildman–Crippen MR) is 137 cm³/mol. The summed E-state index contributed by atoms with van der Waals surface area (Å²) in [4.78, 5) is 35.7. The van der Waals surface area contributed by atoms with Gasteiger partial charge in [0, 0.05) is 29.9 Å². The number of carbonyl (C=O) groups is 1. The first-order chi connectivity index (χ1) is 19.0. The molecule has 40 heavy (non-hydrogen) atoms. The zero-order valence-corrected chi connectivity index (χ0v) is 21.9.